The van der Waals surface area contributed by atoms with Crippen molar-refractivity contribution in [2.24, 2.45) is 0 Å². The Bertz CT molecular complexity index is 749. The molecule has 1 heterocycles. The van der Waals surface area contributed by atoms with Gasteiger partial charge < -0.3 is 10.3 Å². The zero-order valence-corrected chi connectivity index (χ0v) is 11.7. The second kappa shape index (κ2) is 4.70. The first kappa shape index (κ1) is 12.2. The minimum absolute atomic E-state index is 0.226. The number of halogens is 2. The normalized spacial score (nSPS) is 11.1. The van der Waals surface area contributed by atoms with Gasteiger partial charge in [0, 0.05) is 22.9 Å². The predicted octanol–water partition coefficient (Wildman–Crippen LogP) is 4.17. The van der Waals surface area contributed by atoms with Crippen LogP contribution in [-0.2, 0) is 6.54 Å². The van der Waals surface area contributed by atoms with E-state index in [0.717, 1.165) is 26.6 Å². The number of benzene rings is 2. The molecule has 2 nitrogen and oxygen atoms in total. The molecule has 0 unspecified atom stereocenters. The van der Waals surface area contributed by atoms with E-state index in [1.54, 1.807) is 12.1 Å². The van der Waals surface area contributed by atoms with Crippen LogP contribution >= 0.6 is 15.9 Å². The van der Waals surface area contributed by atoms with Gasteiger partial charge in [-0.05, 0) is 47.3 Å². The molecule has 0 aliphatic carbocycles. The molecule has 0 radical (unpaired) electrons. The Labute approximate surface area is 118 Å². The van der Waals surface area contributed by atoms with Crippen molar-refractivity contribution in [2.75, 3.05) is 5.73 Å². The summed E-state index contributed by atoms with van der Waals surface area (Å²) in [6.45, 7) is 0.631. The summed E-state index contributed by atoms with van der Waals surface area (Å²) >= 11 is 3.39. The van der Waals surface area contributed by atoms with Gasteiger partial charge in [0.2, 0.25) is 0 Å². The van der Waals surface area contributed by atoms with Crippen LogP contribution in [0.2, 0.25) is 0 Å². The number of aromatic nitrogens is 1. The van der Waals surface area contributed by atoms with Gasteiger partial charge in [-0.15, -0.1) is 0 Å². The predicted molar refractivity (Wildman–Crippen MR) is 79.6 cm³/mol. The van der Waals surface area contributed by atoms with Crippen molar-refractivity contribution in [1.82, 2.24) is 4.57 Å². The first-order valence-corrected chi connectivity index (χ1v) is 6.71. The number of nitrogens with zero attached hydrogens (tertiary/aromatic N) is 1. The Kier molecular flexibility index (Phi) is 3.03. The quantitative estimate of drug-likeness (QED) is 0.706. The highest BCUT2D eigenvalue weighted by Crippen LogP contribution is 2.22. The van der Waals surface area contributed by atoms with E-state index in [9.17, 15) is 4.39 Å². The summed E-state index contributed by atoms with van der Waals surface area (Å²) in [5.41, 5.74) is 8.62. The highest BCUT2D eigenvalue weighted by molar-refractivity contribution is 9.10. The van der Waals surface area contributed by atoms with Gasteiger partial charge in [0.05, 0.1) is 5.52 Å². The minimum Gasteiger partial charge on any atom is -0.398 e. The van der Waals surface area contributed by atoms with Crippen LogP contribution in [0.4, 0.5) is 10.1 Å². The highest BCUT2D eigenvalue weighted by Gasteiger charge is 2.05. The van der Waals surface area contributed by atoms with E-state index >= 15 is 0 Å². The van der Waals surface area contributed by atoms with Gasteiger partial charge in [-0.2, -0.15) is 0 Å². The van der Waals surface area contributed by atoms with Crippen molar-refractivity contribution in [3.05, 3.63) is 64.5 Å². The number of fused-ring (bicyclic) bond motifs is 1. The third-order valence-corrected chi connectivity index (χ3v) is 3.68. The molecule has 0 bridgehead atoms. The molecule has 0 atom stereocenters. The summed E-state index contributed by atoms with van der Waals surface area (Å²) in [6, 6.07) is 12.6. The molecule has 19 heavy (non-hydrogen) atoms. The summed E-state index contributed by atoms with van der Waals surface area (Å²) in [4.78, 5) is 0. The minimum atomic E-state index is -0.226. The van der Waals surface area contributed by atoms with Crippen LogP contribution < -0.4 is 5.73 Å². The van der Waals surface area contributed by atoms with Crippen molar-refractivity contribution >= 4 is 32.5 Å². The molecule has 3 aromatic rings. The van der Waals surface area contributed by atoms with Crippen LogP contribution in [0.3, 0.4) is 0 Å². The van der Waals surface area contributed by atoms with Crippen molar-refractivity contribution in [3.8, 4) is 0 Å². The van der Waals surface area contributed by atoms with Crippen LogP contribution in [0.25, 0.3) is 10.9 Å². The summed E-state index contributed by atoms with van der Waals surface area (Å²) in [5, 5.41) is 1.03. The van der Waals surface area contributed by atoms with Gasteiger partial charge in [0.25, 0.3) is 0 Å². The van der Waals surface area contributed by atoms with E-state index in [1.807, 2.05) is 35.0 Å². The molecule has 4 heteroatoms. The van der Waals surface area contributed by atoms with Gasteiger partial charge in [-0.25, -0.2) is 4.39 Å². The lowest BCUT2D eigenvalue weighted by atomic mass is 10.2. The Hall–Kier alpha value is -1.81. The fourth-order valence-electron chi connectivity index (χ4n) is 2.19. The molecule has 2 aromatic carbocycles. The third kappa shape index (κ3) is 2.36. The Morgan fingerprint density at radius 2 is 1.95 bits per heavy atom. The van der Waals surface area contributed by atoms with Crippen LogP contribution in [0.1, 0.15) is 5.56 Å². The first-order chi connectivity index (χ1) is 9.13. The van der Waals surface area contributed by atoms with Gasteiger partial charge in [-0.3, -0.25) is 0 Å². The number of nitrogen functional groups attached to an aromatic ring is 1. The van der Waals surface area contributed by atoms with Crippen LogP contribution in [0, 0.1) is 5.82 Å². The van der Waals surface area contributed by atoms with E-state index in [2.05, 4.69) is 15.9 Å². The maximum Gasteiger partial charge on any atom is 0.125 e. The van der Waals surface area contributed by atoms with Gasteiger partial charge in [0.15, 0.2) is 0 Å². The number of hydrogen-bond donors (Lipinski definition) is 1. The van der Waals surface area contributed by atoms with Crippen LogP contribution in [0.15, 0.2) is 53.1 Å². The monoisotopic (exact) mass is 318 g/mol. The zero-order chi connectivity index (χ0) is 13.4. The van der Waals surface area contributed by atoms with Crippen molar-refractivity contribution in [2.45, 2.75) is 6.54 Å². The second-order valence-corrected chi connectivity index (χ2v) is 5.41. The van der Waals surface area contributed by atoms with Gasteiger partial charge in [-0.1, -0.05) is 22.0 Å². The fraction of sp³-hybridized carbons (Fsp3) is 0.0667. The number of anilines is 1. The summed E-state index contributed by atoms with van der Waals surface area (Å²) in [5.74, 6) is -0.226. The van der Waals surface area contributed by atoms with Gasteiger partial charge in [0.1, 0.15) is 5.82 Å². The molecular weight excluding hydrogens is 307 g/mol. The van der Waals surface area contributed by atoms with Crippen LogP contribution in [0.5, 0.6) is 0 Å². The molecule has 0 saturated carbocycles. The number of hydrogen-bond acceptors (Lipinski definition) is 1. The lowest BCUT2D eigenvalue weighted by Crippen LogP contribution is -2.01. The smallest absolute Gasteiger partial charge is 0.125 e. The van der Waals surface area contributed by atoms with E-state index in [4.69, 9.17) is 5.73 Å². The highest BCUT2D eigenvalue weighted by atomic mass is 79.9. The SMILES string of the molecule is Nc1cc(Br)ccc1Cn1ccc2ccc(F)cc21. The topological polar surface area (TPSA) is 30.9 Å². The lowest BCUT2D eigenvalue weighted by molar-refractivity contribution is 0.628. The third-order valence-electron chi connectivity index (χ3n) is 3.18. The van der Waals surface area contributed by atoms with E-state index in [-0.39, 0.29) is 5.82 Å². The molecule has 0 saturated heterocycles. The fourth-order valence-corrected chi connectivity index (χ4v) is 2.57. The van der Waals surface area contributed by atoms with Crippen LogP contribution in [-0.4, -0.2) is 4.57 Å². The largest absolute Gasteiger partial charge is 0.398 e. The molecule has 0 fully saturated rings. The second-order valence-electron chi connectivity index (χ2n) is 4.49. The molecule has 1 aromatic heterocycles. The molecule has 2 N–H and O–H groups in total. The number of nitrogens with two attached hydrogens (primary N) is 1. The average molecular weight is 319 g/mol. The first-order valence-electron chi connectivity index (χ1n) is 5.92. The zero-order valence-electron chi connectivity index (χ0n) is 10.1. The van der Waals surface area contributed by atoms with Crippen molar-refractivity contribution < 1.29 is 4.39 Å². The lowest BCUT2D eigenvalue weighted by Gasteiger charge is -2.09. The Morgan fingerprint density at radius 3 is 2.74 bits per heavy atom. The Balaban J connectivity index is 2.03. The summed E-state index contributed by atoms with van der Waals surface area (Å²) < 4.78 is 16.3. The molecule has 0 amide bonds. The summed E-state index contributed by atoms with van der Waals surface area (Å²) in [7, 11) is 0. The standard InChI is InChI=1S/C15H12BrFN2/c16-12-3-1-11(14(18)7-12)9-19-6-5-10-2-4-13(17)8-15(10)19/h1-8H,9,18H2. The molecule has 3 rings (SSSR count). The number of rotatable bonds is 2. The van der Waals surface area contributed by atoms with E-state index in [0.29, 0.717) is 6.54 Å². The van der Waals surface area contributed by atoms with Crippen molar-refractivity contribution in [3.63, 3.8) is 0 Å². The average Bonchev–Trinajstić information content (AvgIpc) is 2.75. The van der Waals surface area contributed by atoms with E-state index < -0.39 is 0 Å². The molecule has 96 valence electrons. The molecule has 0 aliphatic heterocycles. The maximum absolute atomic E-state index is 13.3. The molecular formula is C15H12BrFN2. The molecule has 0 aliphatic rings. The molecule has 0 spiro atoms. The maximum atomic E-state index is 13.3. The van der Waals surface area contributed by atoms with Gasteiger partial charge >= 0.3 is 0 Å². The Morgan fingerprint density at radius 1 is 1.11 bits per heavy atom. The van der Waals surface area contributed by atoms with E-state index in [1.165, 1.54) is 6.07 Å². The van der Waals surface area contributed by atoms with Crippen molar-refractivity contribution in [1.29, 1.82) is 0 Å². The summed E-state index contributed by atoms with van der Waals surface area (Å²) in [6.07, 6.45) is 1.95.